The van der Waals surface area contributed by atoms with Crippen LogP contribution >= 0.6 is 11.6 Å². The van der Waals surface area contributed by atoms with Crippen LogP contribution in [0.4, 0.5) is 4.39 Å². The Labute approximate surface area is 108 Å². The molecule has 2 heterocycles. The van der Waals surface area contributed by atoms with Crippen molar-refractivity contribution in [2.45, 2.75) is 12.3 Å². The molecule has 2 aromatic rings. The Balaban J connectivity index is 1.81. The molecule has 1 aromatic carbocycles. The predicted molar refractivity (Wildman–Crippen MR) is 64.1 cm³/mol. The molecule has 0 amide bonds. The van der Waals surface area contributed by atoms with Gasteiger partial charge < -0.3 is 9.84 Å². The Morgan fingerprint density at radius 3 is 2.94 bits per heavy atom. The normalized spacial score (nSPS) is 15.7. The second-order valence-electron chi connectivity index (χ2n) is 4.28. The highest BCUT2D eigenvalue weighted by atomic mass is 35.5. The first-order chi connectivity index (χ1) is 8.74. The number of hydrogen-bond donors (Lipinski definition) is 1. The smallest absolute Gasteiger partial charge is 0.232 e. The minimum atomic E-state index is -0.348. The maximum Gasteiger partial charge on any atom is 0.232 e. The quantitative estimate of drug-likeness (QED) is 0.926. The van der Waals surface area contributed by atoms with Gasteiger partial charge in [0.25, 0.3) is 0 Å². The minimum absolute atomic E-state index is 0.245. The number of halogens is 2. The monoisotopic (exact) mass is 267 g/mol. The zero-order chi connectivity index (χ0) is 12.5. The molecule has 1 aliphatic heterocycles. The molecule has 0 spiro atoms. The highest BCUT2D eigenvalue weighted by Crippen LogP contribution is 2.23. The maximum absolute atomic E-state index is 13.6. The van der Waals surface area contributed by atoms with Crippen molar-refractivity contribution in [3.05, 3.63) is 46.3 Å². The average Bonchev–Trinajstić information content (AvgIpc) is 2.70. The van der Waals surface area contributed by atoms with Gasteiger partial charge in [0.15, 0.2) is 5.82 Å². The molecule has 1 aromatic heterocycles. The summed E-state index contributed by atoms with van der Waals surface area (Å²) in [7, 11) is 0. The second kappa shape index (κ2) is 4.66. The van der Waals surface area contributed by atoms with Gasteiger partial charge in [-0.15, -0.1) is 0 Å². The Bertz CT molecular complexity index is 548. The standard InChI is InChI=1S/C12H11ClFN3O/c13-9-2-1-3-10(14)8(9)4-11-16-12(18-17-11)7-5-15-6-7/h1-3,7,15H,4-6H2. The van der Waals surface area contributed by atoms with E-state index in [0.717, 1.165) is 13.1 Å². The molecule has 1 aliphatic rings. The van der Waals surface area contributed by atoms with Crippen molar-refractivity contribution in [2.75, 3.05) is 13.1 Å². The van der Waals surface area contributed by atoms with Gasteiger partial charge in [-0.3, -0.25) is 0 Å². The third kappa shape index (κ3) is 2.11. The van der Waals surface area contributed by atoms with E-state index in [1.54, 1.807) is 12.1 Å². The molecule has 6 heteroatoms. The lowest BCUT2D eigenvalue weighted by Gasteiger charge is -2.22. The van der Waals surface area contributed by atoms with Gasteiger partial charge in [0.05, 0.1) is 5.92 Å². The first-order valence-electron chi connectivity index (χ1n) is 5.70. The molecule has 18 heavy (non-hydrogen) atoms. The summed E-state index contributed by atoms with van der Waals surface area (Å²) in [5, 5.41) is 7.37. The zero-order valence-electron chi connectivity index (χ0n) is 9.49. The number of aromatic nitrogens is 2. The van der Waals surface area contributed by atoms with Crippen molar-refractivity contribution in [1.82, 2.24) is 15.5 Å². The molecule has 0 saturated carbocycles. The fraction of sp³-hybridized carbons (Fsp3) is 0.333. The molecule has 1 saturated heterocycles. The minimum Gasteiger partial charge on any atom is -0.339 e. The molecule has 3 rings (SSSR count). The molecular weight excluding hydrogens is 257 g/mol. The van der Waals surface area contributed by atoms with Crippen molar-refractivity contribution in [2.24, 2.45) is 0 Å². The number of nitrogens with zero attached hydrogens (tertiary/aromatic N) is 2. The van der Waals surface area contributed by atoms with Gasteiger partial charge in [-0.2, -0.15) is 4.98 Å². The molecule has 1 N–H and O–H groups in total. The van der Waals surface area contributed by atoms with Crippen LogP contribution in [-0.4, -0.2) is 23.2 Å². The van der Waals surface area contributed by atoms with Crippen molar-refractivity contribution < 1.29 is 8.91 Å². The van der Waals surface area contributed by atoms with Gasteiger partial charge in [0.1, 0.15) is 5.82 Å². The molecular formula is C12H11ClFN3O. The van der Waals surface area contributed by atoms with E-state index in [4.69, 9.17) is 16.1 Å². The van der Waals surface area contributed by atoms with Crippen LogP contribution in [0, 0.1) is 5.82 Å². The van der Waals surface area contributed by atoms with E-state index in [-0.39, 0.29) is 18.2 Å². The van der Waals surface area contributed by atoms with Crippen molar-refractivity contribution >= 4 is 11.6 Å². The van der Waals surface area contributed by atoms with E-state index in [1.807, 2.05) is 0 Å². The van der Waals surface area contributed by atoms with Crippen LogP contribution in [0.2, 0.25) is 5.02 Å². The van der Waals surface area contributed by atoms with Gasteiger partial charge in [0.2, 0.25) is 5.89 Å². The van der Waals surface area contributed by atoms with Crippen LogP contribution in [0.5, 0.6) is 0 Å². The molecule has 4 nitrogen and oxygen atoms in total. The zero-order valence-corrected chi connectivity index (χ0v) is 10.2. The van der Waals surface area contributed by atoms with E-state index in [9.17, 15) is 4.39 Å². The second-order valence-corrected chi connectivity index (χ2v) is 4.69. The summed E-state index contributed by atoms with van der Waals surface area (Å²) >= 11 is 5.95. The van der Waals surface area contributed by atoms with E-state index < -0.39 is 0 Å². The van der Waals surface area contributed by atoms with E-state index in [0.29, 0.717) is 22.3 Å². The molecule has 1 fully saturated rings. The third-order valence-corrected chi connectivity index (χ3v) is 3.37. The predicted octanol–water partition coefficient (Wildman–Crippen LogP) is 2.14. The largest absolute Gasteiger partial charge is 0.339 e. The average molecular weight is 268 g/mol. The van der Waals surface area contributed by atoms with Gasteiger partial charge >= 0.3 is 0 Å². The van der Waals surface area contributed by atoms with Crippen molar-refractivity contribution in [1.29, 1.82) is 0 Å². The maximum atomic E-state index is 13.6. The molecule has 94 valence electrons. The summed E-state index contributed by atoms with van der Waals surface area (Å²) in [4.78, 5) is 4.27. The van der Waals surface area contributed by atoms with E-state index in [2.05, 4.69) is 15.5 Å². The van der Waals surface area contributed by atoms with Gasteiger partial charge in [0, 0.05) is 30.1 Å². The summed E-state index contributed by atoms with van der Waals surface area (Å²) < 4.78 is 18.8. The molecule has 0 aliphatic carbocycles. The van der Waals surface area contributed by atoms with Gasteiger partial charge in [-0.05, 0) is 12.1 Å². The lowest BCUT2D eigenvalue weighted by Crippen LogP contribution is -2.40. The Kier molecular flexibility index (Phi) is 3.01. The summed E-state index contributed by atoms with van der Waals surface area (Å²) in [6.45, 7) is 1.70. The highest BCUT2D eigenvalue weighted by molar-refractivity contribution is 6.31. The highest BCUT2D eigenvalue weighted by Gasteiger charge is 2.25. The summed E-state index contributed by atoms with van der Waals surface area (Å²) in [6, 6.07) is 4.59. The van der Waals surface area contributed by atoms with Crippen molar-refractivity contribution in [3.63, 3.8) is 0 Å². The SMILES string of the molecule is Fc1cccc(Cl)c1Cc1noc(C2CNC2)n1. The van der Waals surface area contributed by atoms with E-state index >= 15 is 0 Å². The van der Waals surface area contributed by atoms with E-state index in [1.165, 1.54) is 6.07 Å². The molecule has 0 bridgehead atoms. The van der Waals surface area contributed by atoms with Crippen LogP contribution in [0.3, 0.4) is 0 Å². The molecule has 0 unspecified atom stereocenters. The van der Waals surface area contributed by atoms with Crippen molar-refractivity contribution in [3.8, 4) is 0 Å². The fourth-order valence-corrected chi connectivity index (χ4v) is 2.06. The Hall–Kier alpha value is -1.46. The number of benzene rings is 1. The van der Waals surface area contributed by atoms with Crippen LogP contribution in [0.15, 0.2) is 22.7 Å². The molecule has 0 radical (unpaired) electrons. The first-order valence-corrected chi connectivity index (χ1v) is 6.08. The number of rotatable bonds is 3. The lowest BCUT2D eigenvalue weighted by atomic mass is 10.0. The summed E-state index contributed by atoms with van der Waals surface area (Å²) in [5.74, 6) is 1.00. The fourth-order valence-electron chi connectivity index (χ4n) is 1.83. The summed E-state index contributed by atoms with van der Waals surface area (Å²) in [6.07, 6.45) is 0.245. The Morgan fingerprint density at radius 2 is 2.28 bits per heavy atom. The van der Waals surface area contributed by atoms with Crippen LogP contribution in [0.1, 0.15) is 23.2 Å². The third-order valence-electron chi connectivity index (χ3n) is 3.01. The van der Waals surface area contributed by atoms with Crippen LogP contribution in [-0.2, 0) is 6.42 Å². The number of hydrogen-bond acceptors (Lipinski definition) is 4. The topological polar surface area (TPSA) is 51.0 Å². The van der Waals surface area contributed by atoms with Gasteiger partial charge in [-0.25, -0.2) is 4.39 Å². The molecule has 0 atom stereocenters. The lowest BCUT2D eigenvalue weighted by molar-refractivity contribution is 0.306. The Morgan fingerprint density at radius 1 is 1.44 bits per heavy atom. The van der Waals surface area contributed by atoms with Crippen LogP contribution in [0.25, 0.3) is 0 Å². The summed E-state index contributed by atoms with van der Waals surface area (Å²) in [5.41, 5.74) is 0.401. The van der Waals surface area contributed by atoms with Crippen LogP contribution < -0.4 is 5.32 Å². The first kappa shape index (κ1) is 11.6. The number of nitrogens with one attached hydrogen (secondary N) is 1. The van der Waals surface area contributed by atoms with Gasteiger partial charge in [-0.1, -0.05) is 22.8 Å².